The van der Waals surface area contributed by atoms with Crippen LogP contribution in [0.2, 0.25) is 0 Å². The van der Waals surface area contributed by atoms with Gasteiger partial charge in [-0.05, 0) is 18.6 Å². The normalized spacial score (nSPS) is 16.1. The van der Waals surface area contributed by atoms with Gasteiger partial charge in [0.1, 0.15) is 0 Å². The van der Waals surface area contributed by atoms with Crippen molar-refractivity contribution >= 4 is 11.3 Å². The average molecular weight is 139 g/mol. The number of fused-ring (bicyclic) bond motifs is 1. The molecule has 48 valence electrons. The molecule has 0 aliphatic carbocycles. The molecule has 0 spiro atoms. The molecule has 0 saturated carbocycles. The van der Waals surface area contributed by atoms with Gasteiger partial charge in [-0.2, -0.15) is 0 Å². The van der Waals surface area contributed by atoms with Gasteiger partial charge in [0, 0.05) is 22.8 Å². The molecule has 9 heavy (non-hydrogen) atoms. The fraction of sp³-hybridized carbons (Fsp3) is 0.429. The summed E-state index contributed by atoms with van der Waals surface area (Å²) < 4.78 is 0. The molecule has 0 unspecified atom stereocenters. The third-order valence-electron chi connectivity index (χ3n) is 1.62. The van der Waals surface area contributed by atoms with Crippen molar-refractivity contribution < 1.29 is 0 Å². The Morgan fingerprint density at radius 1 is 1.56 bits per heavy atom. The molecule has 2 heteroatoms. The second-order valence-electron chi connectivity index (χ2n) is 2.41. The third-order valence-corrected chi connectivity index (χ3v) is 2.71. The van der Waals surface area contributed by atoms with E-state index >= 15 is 0 Å². The Kier molecular flexibility index (Phi) is 1.10. The summed E-state index contributed by atoms with van der Waals surface area (Å²) in [6.07, 6.45) is 0. The summed E-state index contributed by atoms with van der Waals surface area (Å²) in [6, 6.07) is 2.28. The molecule has 0 saturated heterocycles. The van der Waals surface area contributed by atoms with Crippen LogP contribution in [0.15, 0.2) is 6.07 Å². The SMILES string of the molecule is Cc1cc2c(s1)CNC2. The van der Waals surface area contributed by atoms with Crippen LogP contribution in [0.3, 0.4) is 0 Å². The van der Waals surface area contributed by atoms with Gasteiger partial charge in [0.2, 0.25) is 0 Å². The van der Waals surface area contributed by atoms with Gasteiger partial charge in [-0.1, -0.05) is 0 Å². The van der Waals surface area contributed by atoms with Crippen molar-refractivity contribution in [1.82, 2.24) is 5.32 Å². The number of hydrogen-bond acceptors (Lipinski definition) is 2. The highest BCUT2D eigenvalue weighted by molar-refractivity contribution is 7.12. The second kappa shape index (κ2) is 1.82. The minimum Gasteiger partial charge on any atom is -0.308 e. The Balaban J connectivity index is 2.51. The molecule has 0 aromatic carbocycles. The molecule has 1 aromatic rings. The predicted molar refractivity (Wildman–Crippen MR) is 39.6 cm³/mol. The lowest BCUT2D eigenvalue weighted by Gasteiger charge is -1.85. The van der Waals surface area contributed by atoms with Gasteiger partial charge >= 0.3 is 0 Å². The highest BCUT2D eigenvalue weighted by Gasteiger charge is 2.11. The van der Waals surface area contributed by atoms with Crippen LogP contribution in [-0.2, 0) is 13.1 Å². The first-order chi connectivity index (χ1) is 4.36. The van der Waals surface area contributed by atoms with Crippen molar-refractivity contribution in [2.45, 2.75) is 20.0 Å². The van der Waals surface area contributed by atoms with Crippen LogP contribution in [0.1, 0.15) is 15.3 Å². The fourth-order valence-electron chi connectivity index (χ4n) is 1.23. The summed E-state index contributed by atoms with van der Waals surface area (Å²) in [6.45, 7) is 4.34. The predicted octanol–water partition coefficient (Wildman–Crippen LogP) is 1.66. The monoisotopic (exact) mass is 139 g/mol. The lowest BCUT2D eigenvalue weighted by molar-refractivity contribution is 0.767. The van der Waals surface area contributed by atoms with Gasteiger partial charge in [-0.15, -0.1) is 11.3 Å². The molecule has 1 aliphatic heterocycles. The summed E-state index contributed by atoms with van der Waals surface area (Å²) in [7, 11) is 0. The van der Waals surface area contributed by atoms with Crippen LogP contribution in [0, 0.1) is 6.92 Å². The Labute approximate surface area is 58.7 Å². The van der Waals surface area contributed by atoms with Crippen LogP contribution >= 0.6 is 11.3 Å². The maximum absolute atomic E-state index is 3.31. The van der Waals surface area contributed by atoms with E-state index in [4.69, 9.17) is 0 Å². The number of hydrogen-bond donors (Lipinski definition) is 1. The Morgan fingerprint density at radius 2 is 2.44 bits per heavy atom. The van der Waals surface area contributed by atoms with E-state index in [0.29, 0.717) is 0 Å². The first-order valence-electron chi connectivity index (χ1n) is 3.15. The Bertz CT molecular complexity index is 205. The summed E-state index contributed by atoms with van der Waals surface area (Å²) in [5.74, 6) is 0. The molecule has 2 heterocycles. The van der Waals surface area contributed by atoms with Gasteiger partial charge in [-0.25, -0.2) is 0 Å². The number of thiophene rings is 1. The first kappa shape index (κ1) is 5.45. The number of rotatable bonds is 0. The third kappa shape index (κ3) is 0.787. The van der Waals surface area contributed by atoms with E-state index in [1.54, 1.807) is 0 Å². The Hall–Kier alpha value is -0.340. The molecule has 1 aliphatic rings. The topological polar surface area (TPSA) is 12.0 Å². The van der Waals surface area contributed by atoms with Crippen molar-refractivity contribution in [2.24, 2.45) is 0 Å². The van der Waals surface area contributed by atoms with Crippen LogP contribution in [-0.4, -0.2) is 0 Å². The van der Waals surface area contributed by atoms with E-state index in [-0.39, 0.29) is 0 Å². The van der Waals surface area contributed by atoms with Crippen LogP contribution < -0.4 is 5.32 Å². The summed E-state index contributed by atoms with van der Waals surface area (Å²) in [5.41, 5.74) is 1.51. The van der Waals surface area contributed by atoms with E-state index in [1.807, 2.05) is 11.3 Å². The molecule has 0 fully saturated rings. The van der Waals surface area contributed by atoms with E-state index in [1.165, 1.54) is 15.3 Å². The standard InChI is InChI=1S/C7H9NS/c1-5-2-6-3-8-4-7(6)9-5/h2,8H,3-4H2,1H3. The number of nitrogens with one attached hydrogen (secondary N) is 1. The molecular weight excluding hydrogens is 130 g/mol. The van der Waals surface area contributed by atoms with Crippen molar-refractivity contribution in [3.63, 3.8) is 0 Å². The van der Waals surface area contributed by atoms with Gasteiger partial charge in [0.25, 0.3) is 0 Å². The molecule has 0 amide bonds. The van der Waals surface area contributed by atoms with E-state index in [9.17, 15) is 0 Å². The zero-order valence-corrected chi connectivity index (χ0v) is 6.22. The second-order valence-corrected chi connectivity index (χ2v) is 3.75. The number of aryl methyl sites for hydroxylation is 1. The zero-order valence-electron chi connectivity index (χ0n) is 5.40. The average Bonchev–Trinajstić information content (AvgIpc) is 2.22. The van der Waals surface area contributed by atoms with Crippen molar-refractivity contribution in [2.75, 3.05) is 0 Å². The summed E-state index contributed by atoms with van der Waals surface area (Å²) in [4.78, 5) is 2.98. The largest absolute Gasteiger partial charge is 0.308 e. The zero-order chi connectivity index (χ0) is 6.27. The van der Waals surface area contributed by atoms with Crippen molar-refractivity contribution in [3.8, 4) is 0 Å². The van der Waals surface area contributed by atoms with Crippen LogP contribution in [0.5, 0.6) is 0 Å². The first-order valence-corrected chi connectivity index (χ1v) is 3.97. The molecule has 1 aromatic heterocycles. The summed E-state index contributed by atoms with van der Waals surface area (Å²) in [5, 5.41) is 3.31. The molecule has 2 rings (SSSR count). The van der Waals surface area contributed by atoms with Crippen molar-refractivity contribution in [1.29, 1.82) is 0 Å². The lowest BCUT2D eigenvalue weighted by Crippen LogP contribution is -2.00. The minimum absolute atomic E-state index is 1.08. The van der Waals surface area contributed by atoms with Crippen LogP contribution in [0.4, 0.5) is 0 Å². The maximum atomic E-state index is 3.31. The van der Waals surface area contributed by atoms with Crippen molar-refractivity contribution in [3.05, 3.63) is 21.4 Å². The quantitative estimate of drug-likeness (QED) is 0.576. The molecule has 0 radical (unpaired) electrons. The minimum atomic E-state index is 1.08. The molecular formula is C7H9NS. The van der Waals surface area contributed by atoms with E-state index < -0.39 is 0 Å². The molecule has 0 bridgehead atoms. The Morgan fingerprint density at radius 3 is 3.22 bits per heavy atom. The highest BCUT2D eigenvalue weighted by Crippen LogP contribution is 2.24. The van der Waals surface area contributed by atoms with E-state index in [2.05, 4.69) is 18.3 Å². The molecule has 0 atom stereocenters. The van der Waals surface area contributed by atoms with Gasteiger partial charge in [0.15, 0.2) is 0 Å². The van der Waals surface area contributed by atoms with E-state index in [0.717, 1.165) is 13.1 Å². The fourth-order valence-corrected chi connectivity index (χ4v) is 2.25. The van der Waals surface area contributed by atoms with Crippen LogP contribution in [0.25, 0.3) is 0 Å². The smallest absolute Gasteiger partial charge is 0.0306 e. The maximum Gasteiger partial charge on any atom is 0.0306 e. The van der Waals surface area contributed by atoms with Gasteiger partial charge < -0.3 is 5.32 Å². The molecule has 1 N–H and O–H groups in total. The lowest BCUT2D eigenvalue weighted by atomic mass is 10.3. The van der Waals surface area contributed by atoms with Gasteiger partial charge in [0.05, 0.1) is 0 Å². The summed E-state index contributed by atoms with van der Waals surface area (Å²) >= 11 is 1.91. The van der Waals surface area contributed by atoms with Gasteiger partial charge in [-0.3, -0.25) is 0 Å². The highest BCUT2D eigenvalue weighted by atomic mass is 32.1. The molecule has 1 nitrogen and oxygen atoms in total.